The molecule has 6 heteroatoms. The molecule has 0 saturated carbocycles. The van der Waals surface area contributed by atoms with Crippen molar-refractivity contribution in [2.24, 2.45) is 5.92 Å². The van der Waals surface area contributed by atoms with Crippen LogP contribution in [0.4, 0.5) is 5.82 Å². The lowest BCUT2D eigenvalue weighted by molar-refractivity contribution is -0.142. The molecular weight excluding hydrogens is 224 g/mol. The van der Waals surface area contributed by atoms with Crippen LogP contribution in [-0.2, 0) is 9.53 Å². The zero-order chi connectivity index (χ0) is 12.4. The number of hydrogen-bond acceptors (Lipinski definition) is 5. The van der Waals surface area contributed by atoms with Crippen LogP contribution in [0.25, 0.3) is 0 Å². The van der Waals surface area contributed by atoms with Gasteiger partial charge < -0.3 is 14.7 Å². The number of esters is 1. The van der Waals surface area contributed by atoms with Crippen LogP contribution in [0.2, 0.25) is 0 Å². The summed E-state index contributed by atoms with van der Waals surface area (Å²) < 4.78 is 4.65. The molecular formula is C11H12N2O4. The molecule has 1 aliphatic heterocycles. The number of aromatic nitrogens is 1. The van der Waals surface area contributed by atoms with Crippen LogP contribution >= 0.6 is 0 Å². The maximum Gasteiger partial charge on any atom is 0.341 e. The lowest BCUT2D eigenvalue weighted by Gasteiger charge is -2.38. The number of anilines is 1. The number of carbonyl (C=O) groups is 2. The van der Waals surface area contributed by atoms with Crippen molar-refractivity contribution in [3.05, 3.63) is 23.9 Å². The quantitative estimate of drug-likeness (QED) is 0.765. The standard InChI is InChI=1S/C11H12N2O4/c1-17-11(16)8-3-2-4-12-9(8)13-5-7(6-13)10(14)15/h2-4,7H,5-6H2,1H3,(H,14,15). The number of nitrogens with zero attached hydrogens (tertiary/aromatic N) is 2. The molecule has 6 nitrogen and oxygen atoms in total. The van der Waals surface area contributed by atoms with Gasteiger partial charge in [0.1, 0.15) is 11.4 Å². The Kier molecular flexibility index (Phi) is 2.95. The van der Waals surface area contributed by atoms with Crippen molar-refractivity contribution in [1.29, 1.82) is 0 Å². The first-order chi connectivity index (χ1) is 8.13. The van der Waals surface area contributed by atoms with Crippen molar-refractivity contribution in [2.75, 3.05) is 25.1 Å². The molecule has 0 aromatic carbocycles. The molecule has 0 amide bonds. The van der Waals surface area contributed by atoms with Gasteiger partial charge in [0, 0.05) is 19.3 Å². The van der Waals surface area contributed by atoms with E-state index in [1.165, 1.54) is 7.11 Å². The zero-order valence-electron chi connectivity index (χ0n) is 9.29. The first kappa shape index (κ1) is 11.4. The van der Waals surface area contributed by atoms with Gasteiger partial charge in [0.15, 0.2) is 0 Å². The maximum absolute atomic E-state index is 11.5. The van der Waals surface area contributed by atoms with Crippen LogP contribution in [0.5, 0.6) is 0 Å². The van der Waals surface area contributed by atoms with Crippen molar-refractivity contribution < 1.29 is 19.4 Å². The third-order valence-electron chi connectivity index (χ3n) is 2.72. The molecule has 0 aliphatic carbocycles. The van der Waals surface area contributed by atoms with Crippen LogP contribution in [0.1, 0.15) is 10.4 Å². The van der Waals surface area contributed by atoms with Gasteiger partial charge in [-0.1, -0.05) is 0 Å². The second-order valence-electron chi connectivity index (χ2n) is 3.81. The third kappa shape index (κ3) is 2.06. The van der Waals surface area contributed by atoms with Gasteiger partial charge in [-0.05, 0) is 12.1 Å². The van der Waals surface area contributed by atoms with Crippen molar-refractivity contribution in [1.82, 2.24) is 4.98 Å². The minimum Gasteiger partial charge on any atom is -0.481 e. The Morgan fingerprint density at radius 2 is 2.24 bits per heavy atom. The third-order valence-corrected chi connectivity index (χ3v) is 2.72. The van der Waals surface area contributed by atoms with Crippen LogP contribution in [0.3, 0.4) is 0 Å². The van der Waals surface area contributed by atoms with Gasteiger partial charge in [0.05, 0.1) is 13.0 Å². The van der Waals surface area contributed by atoms with Crippen molar-refractivity contribution in [3.63, 3.8) is 0 Å². The molecule has 1 aromatic heterocycles. The summed E-state index contributed by atoms with van der Waals surface area (Å²) in [6.07, 6.45) is 1.57. The van der Waals surface area contributed by atoms with Gasteiger partial charge >= 0.3 is 11.9 Å². The fourth-order valence-electron chi connectivity index (χ4n) is 1.73. The zero-order valence-corrected chi connectivity index (χ0v) is 9.29. The van der Waals surface area contributed by atoms with Crippen molar-refractivity contribution in [3.8, 4) is 0 Å². The summed E-state index contributed by atoms with van der Waals surface area (Å²) in [6, 6.07) is 3.26. The number of rotatable bonds is 3. The first-order valence-corrected chi connectivity index (χ1v) is 5.14. The van der Waals surface area contributed by atoms with Gasteiger partial charge in [-0.2, -0.15) is 0 Å². The average molecular weight is 236 g/mol. The minimum absolute atomic E-state index is 0.360. The highest BCUT2D eigenvalue weighted by Gasteiger charge is 2.35. The van der Waals surface area contributed by atoms with Gasteiger partial charge in [-0.3, -0.25) is 4.79 Å². The van der Waals surface area contributed by atoms with E-state index in [9.17, 15) is 9.59 Å². The van der Waals surface area contributed by atoms with Crippen LogP contribution in [-0.4, -0.2) is 42.2 Å². The van der Waals surface area contributed by atoms with E-state index < -0.39 is 11.9 Å². The Hall–Kier alpha value is -2.11. The molecule has 1 aliphatic rings. The largest absolute Gasteiger partial charge is 0.481 e. The maximum atomic E-state index is 11.5. The van der Waals surface area contributed by atoms with Gasteiger partial charge in [-0.25, -0.2) is 9.78 Å². The average Bonchev–Trinajstić information content (AvgIpc) is 2.26. The molecule has 2 rings (SSSR count). The number of methoxy groups -OCH3 is 1. The number of ether oxygens (including phenoxy) is 1. The number of carbonyl (C=O) groups excluding carboxylic acids is 1. The topological polar surface area (TPSA) is 79.7 Å². The predicted octanol–water partition coefficient (Wildman–Crippen LogP) is 0.389. The Bertz CT molecular complexity index is 455. The van der Waals surface area contributed by atoms with Crippen LogP contribution in [0, 0.1) is 5.92 Å². The summed E-state index contributed by atoms with van der Waals surface area (Å²) in [5.41, 5.74) is 0.360. The van der Waals surface area contributed by atoms with Gasteiger partial charge in [0.2, 0.25) is 0 Å². The fourth-order valence-corrected chi connectivity index (χ4v) is 1.73. The Morgan fingerprint density at radius 1 is 1.53 bits per heavy atom. The number of aliphatic carboxylic acids is 1. The molecule has 2 heterocycles. The van der Waals surface area contributed by atoms with Gasteiger partial charge in [-0.15, -0.1) is 0 Å². The molecule has 0 bridgehead atoms. The number of carboxylic acid groups (broad SMARTS) is 1. The summed E-state index contributed by atoms with van der Waals surface area (Å²) >= 11 is 0. The second-order valence-corrected chi connectivity index (χ2v) is 3.81. The molecule has 0 unspecified atom stereocenters. The lowest BCUT2D eigenvalue weighted by atomic mass is 10.00. The van der Waals surface area contributed by atoms with Crippen LogP contribution < -0.4 is 4.90 Å². The predicted molar refractivity (Wildman–Crippen MR) is 58.9 cm³/mol. The Balaban J connectivity index is 2.17. The highest BCUT2D eigenvalue weighted by atomic mass is 16.5. The number of carboxylic acids is 1. The van der Waals surface area contributed by atoms with E-state index in [4.69, 9.17) is 5.11 Å². The van der Waals surface area contributed by atoms with E-state index in [1.54, 1.807) is 23.2 Å². The summed E-state index contributed by atoms with van der Waals surface area (Å²) in [6.45, 7) is 0.743. The molecule has 1 saturated heterocycles. The molecule has 1 aromatic rings. The highest BCUT2D eigenvalue weighted by Crippen LogP contribution is 2.26. The SMILES string of the molecule is COC(=O)c1cccnc1N1CC(C(=O)O)C1. The minimum atomic E-state index is -0.822. The first-order valence-electron chi connectivity index (χ1n) is 5.14. The van der Waals surface area contributed by atoms with E-state index in [1.807, 2.05) is 0 Å². The normalized spacial score (nSPS) is 15.2. The highest BCUT2D eigenvalue weighted by molar-refractivity contribution is 5.95. The van der Waals surface area contributed by atoms with Crippen molar-refractivity contribution in [2.45, 2.75) is 0 Å². The Labute approximate surface area is 97.8 Å². The van der Waals surface area contributed by atoms with E-state index >= 15 is 0 Å². The summed E-state index contributed by atoms with van der Waals surface area (Å²) in [5, 5.41) is 8.78. The van der Waals surface area contributed by atoms with E-state index in [0.717, 1.165) is 0 Å². The summed E-state index contributed by atoms with van der Waals surface area (Å²) in [7, 11) is 1.30. The molecule has 1 fully saturated rings. The molecule has 0 atom stereocenters. The molecule has 90 valence electrons. The smallest absolute Gasteiger partial charge is 0.341 e. The molecule has 1 N–H and O–H groups in total. The summed E-state index contributed by atoms with van der Waals surface area (Å²) in [4.78, 5) is 28.0. The van der Waals surface area contributed by atoms with Crippen molar-refractivity contribution >= 4 is 17.8 Å². The molecule has 17 heavy (non-hydrogen) atoms. The van der Waals surface area contributed by atoms with Crippen LogP contribution in [0.15, 0.2) is 18.3 Å². The number of hydrogen-bond donors (Lipinski definition) is 1. The summed E-state index contributed by atoms with van der Waals surface area (Å²) in [5.74, 6) is -1.19. The number of pyridine rings is 1. The lowest BCUT2D eigenvalue weighted by Crippen LogP contribution is -2.51. The van der Waals surface area contributed by atoms with E-state index in [-0.39, 0.29) is 5.92 Å². The molecule has 0 spiro atoms. The molecule has 0 radical (unpaired) electrons. The van der Waals surface area contributed by atoms with Gasteiger partial charge in [0.25, 0.3) is 0 Å². The monoisotopic (exact) mass is 236 g/mol. The Morgan fingerprint density at radius 3 is 2.82 bits per heavy atom. The second kappa shape index (κ2) is 4.40. The fraction of sp³-hybridized carbons (Fsp3) is 0.364. The van der Waals surface area contributed by atoms with E-state index in [2.05, 4.69) is 9.72 Å². The van der Waals surface area contributed by atoms with E-state index in [0.29, 0.717) is 24.5 Å².